The van der Waals surface area contributed by atoms with E-state index in [1.165, 1.54) is 0 Å². The number of nitrogens with two attached hydrogens (primary N) is 1. The number of hydrogen-bond donors (Lipinski definition) is 2. The van der Waals surface area contributed by atoms with Crippen LogP contribution in [0.5, 0.6) is 0 Å². The van der Waals surface area contributed by atoms with Crippen LogP contribution in [-0.2, 0) is 9.59 Å². The molecule has 0 radical (unpaired) electrons. The number of carboxylic acid groups (broad SMARTS) is 1. The summed E-state index contributed by atoms with van der Waals surface area (Å²) in [6.45, 7) is 5.42. The average molecular weight is 229 g/mol. The van der Waals surface area contributed by atoms with E-state index in [2.05, 4.69) is 4.90 Å². The summed E-state index contributed by atoms with van der Waals surface area (Å²) >= 11 is 0. The summed E-state index contributed by atoms with van der Waals surface area (Å²) in [5, 5.41) is 8.86. The van der Waals surface area contributed by atoms with E-state index >= 15 is 0 Å². The molecule has 1 aliphatic heterocycles. The number of aliphatic carboxylic acids is 1. The van der Waals surface area contributed by atoms with Gasteiger partial charge < -0.3 is 15.7 Å². The van der Waals surface area contributed by atoms with Gasteiger partial charge in [-0.25, -0.2) is 0 Å². The summed E-state index contributed by atoms with van der Waals surface area (Å²) in [4.78, 5) is 25.5. The van der Waals surface area contributed by atoms with Crippen molar-refractivity contribution in [3.05, 3.63) is 0 Å². The van der Waals surface area contributed by atoms with E-state index in [9.17, 15) is 9.59 Å². The number of hydrogen-bond acceptors (Lipinski definition) is 4. The Balaban J connectivity index is 2.28. The van der Waals surface area contributed by atoms with Crippen molar-refractivity contribution in [2.45, 2.75) is 19.4 Å². The molecule has 0 aromatic carbocycles. The molecule has 1 atom stereocenters. The molecule has 1 rings (SSSR count). The van der Waals surface area contributed by atoms with E-state index in [1.807, 2.05) is 4.90 Å². The highest BCUT2D eigenvalue weighted by Gasteiger charge is 2.24. The summed E-state index contributed by atoms with van der Waals surface area (Å²) in [6.07, 6.45) is 0.370. The SMILES string of the molecule is CC(C(=O)O)N1CCN(CCC(N)=O)CC1. The number of primary amides is 1. The standard InChI is InChI=1S/C10H19N3O3/c1-8(10(15)16)13-6-4-12(5-7-13)3-2-9(11)14/h8H,2-7H2,1H3,(H2,11,14)(H,15,16). The van der Waals surface area contributed by atoms with Crippen molar-refractivity contribution in [1.29, 1.82) is 0 Å². The molecule has 0 spiro atoms. The number of carboxylic acids is 1. The van der Waals surface area contributed by atoms with Crippen molar-refractivity contribution >= 4 is 11.9 Å². The highest BCUT2D eigenvalue weighted by Crippen LogP contribution is 2.06. The van der Waals surface area contributed by atoms with Crippen molar-refractivity contribution in [2.75, 3.05) is 32.7 Å². The van der Waals surface area contributed by atoms with Crippen LogP contribution in [0.15, 0.2) is 0 Å². The van der Waals surface area contributed by atoms with Crippen LogP contribution in [0.25, 0.3) is 0 Å². The van der Waals surface area contributed by atoms with Gasteiger partial charge in [-0.2, -0.15) is 0 Å². The molecule has 0 saturated carbocycles. The van der Waals surface area contributed by atoms with Gasteiger partial charge in [-0.05, 0) is 6.92 Å². The molecule has 0 aromatic rings. The van der Waals surface area contributed by atoms with E-state index < -0.39 is 12.0 Å². The zero-order chi connectivity index (χ0) is 12.1. The Bertz CT molecular complexity index is 262. The van der Waals surface area contributed by atoms with Crippen LogP contribution >= 0.6 is 0 Å². The molecule has 0 aliphatic carbocycles. The molecule has 6 heteroatoms. The van der Waals surface area contributed by atoms with Gasteiger partial charge in [-0.15, -0.1) is 0 Å². The van der Waals surface area contributed by atoms with Crippen molar-refractivity contribution in [1.82, 2.24) is 9.80 Å². The normalized spacial score (nSPS) is 20.6. The van der Waals surface area contributed by atoms with Crippen molar-refractivity contribution in [3.63, 3.8) is 0 Å². The Kier molecular flexibility index (Phi) is 4.70. The fourth-order valence-corrected chi connectivity index (χ4v) is 1.80. The topological polar surface area (TPSA) is 86.9 Å². The van der Waals surface area contributed by atoms with Gasteiger partial charge in [0.1, 0.15) is 6.04 Å². The molecule has 92 valence electrons. The maximum atomic E-state index is 10.8. The third-order valence-corrected chi connectivity index (χ3v) is 2.99. The first-order valence-corrected chi connectivity index (χ1v) is 5.48. The summed E-state index contributed by atoms with van der Waals surface area (Å²) in [5.41, 5.74) is 5.07. The van der Waals surface area contributed by atoms with Crippen LogP contribution in [0.2, 0.25) is 0 Å². The van der Waals surface area contributed by atoms with Gasteiger partial charge >= 0.3 is 5.97 Å². The molecular weight excluding hydrogens is 210 g/mol. The maximum Gasteiger partial charge on any atom is 0.320 e. The Morgan fingerprint density at radius 3 is 2.31 bits per heavy atom. The van der Waals surface area contributed by atoms with Crippen LogP contribution < -0.4 is 5.73 Å². The van der Waals surface area contributed by atoms with Crippen LogP contribution in [0.4, 0.5) is 0 Å². The first kappa shape index (κ1) is 12.9. The van der Waals surface area contributed by atoms with Gasteiger partial charge in [0.2, 0.25) is 5.91 Å². The minimum absolute atomic E-state index is 0.290. The molecular formula is C10H19N3O3. The summed E-state index contributed by atoms with van der Waals surface area (Å²) < 4.78 is 0. The lowest BCUT2D eigenvalue weighted by atomic mass is 10.2. The number of piperazine rings is 1. The second-order valence-corrected chi connectivity index (χ2v) is 4.11. The first-order chi connectivity index (χ1) is 7.50. The monoisotopic (exact) mass is 229 g/mol. The van der Waals surface area contributed by atoms with Gasteiger partial charge in [0.05, 0.1) is 0 Å². The second-order valence-electron chi connectivity index (χ2n) is 4.11. The Hall–Kier alpha value is -1.14. The predicted octanol–water partition coefficient (Wildman–Crippen LogP) is -1.05. The van der Waals surface area contributed by atoms with E-state index in [4.69, 9.17) is 10.8 Å². The predicted molar refractivity (Wildman–Crippen MR) is 58.9 cm³/mol. The lowest BCUT2D eigenvalue weighted by Gasteiger charge is -2.36. The maximum absolute atomic E-state index is 10.8. The van der Waals surface area contributed by atoms with Gasteiger partial charge in [-0.1, -0.05) is 0 Å². The highest BCUT2D eigenvalue weighted by atomic mass is 16.4. The van der Waals surface area contributed by atoms with E-state index in [1.54, 1.807) is 6.92 Å². The van der Waals surface area contributed by atoms with Gasteiger partial charge in [0.25, 0.3) is 0 Å². The Labute approximate surface area is 95.0 Å². The molecule has 1 unspecified atom stereocenters. The van der Waals surface area contributed by atoms with E-state index in [0.29, 0.717) is 13.0 Å². The molecule has 6 nitrogen and oxygen atoms in total. The zero-order valence-electron chi connectivity index (χ0n) is 9.56. The van der Waals surface area contributed by atoms with Gasteiger partial charge in [0, 0.05) is 39.1 Å². The second kappa shape index (κ2) is 5.81. The third-order valence-electron chi connectivity index (χ3n) is 2.99. The smallest absolute Gasteiger partial charge is 0.320 e. The minimum atomic E-state index is -0.786. The zero-order valence-corrected chi connectivity index (χ0v) is 9.56. The molecule has 16 heavy (non-hydrogen) atoms. The minimum Gasteiger partial charge on any atom is -0.480 e. The lowest BCUT2D eigenvalue weighted by molar-refractivity contribution is -0.143. The first-order valence-electron chi connectivity index (χ1n) is 5.48. The van der Waals surface area contributed by atoms with Crippen molar-refractivity contribution in [2.24, 2.45) is 5.73 Å². The molecule has 0 bridgehead atoms. The average Bonchev–Trinajstić information content (AvgIpc) is 2.26. The third kappa shape index (κ3) is 3.79. The quantitative estimate of drug-likeness (QED) is 0.628. The van der Waals surface area contributed by atoms with Crippen molar-refractivity contribution < 1.29 is 14.7 Å². The molecule has 1 aliphatic rings. The largest absolute Gasteiger partial charge is 0.480 e. The fraction of sp³-hybridized carbons (Fsp3) is 0.800. The van der Waals surface area contributed by atoms with Crippen LogP contribution in [-0.4, -0.2) is 65.5 Å². The van der Waals surface area contributed by atoms with Crippen LogP contribution in [0.3, 0.4) is 0 Å². The summed E-state index contributed by atoms with van der Waals surface area (Å²) in [6, 6.07) is -0.432. The van der Waals surface area contributed by atoms with E-state index in [-0.39, 0.29) is 5.91 Å². The lowest BCUT2D eigenvalue weighted by Crippen LogP contribution is -2.52. The molecule has 1 fully saturated rings. The molecule has 0 aromatic heterocycles. The number of amides is 1. The Morgan fingerprint density at radius 1 is 1.31 bits per heavy atom. The molecule has 1 amide bonds. The molecule has 1 heterocycles. The number of carbonyl (C=O) groups excluding carboxylic acids is 1. The number of nitrogens with zero attached hydrogens (tertiary/aromatic N) is 2. The summed E-state index contributed by atoms with van der Waals surface area (Å²) in [7, 11) is 0. The highest BCUT2D eigenvalue weighted by molar-refractivity contribution is 5.74. The molecule has 1 saturated heterocycles. The van der Waals surface area contributed by atoms with Gasteiger partial charge in [0.15, 0.2) is 0 Å². The Morgan fingerprint density at radius 2 is 1.88 bits per heavy atom. The van der Waals surface area contributed by atoms with Gasteiger partial charge in [-0.3, -0.25) is 14.5 Å². The van der Waals surface area contributed by atoms with E-state index in [0.717, 1.165) is 26.2 Å². The molecule has 3 N–H and O–H groups in total. The van der Waals surface area contributed by atoms with Crippen LogP contribution in [0.1, 0.15) is 13.3 Å². The van der Waals surface area contributed by atoms with Crippen molar-refractivity contribution in [3.8, 4) is 0 Å². The number of rotatable bonds is 5. The van der Waals surface area contributed by atoms with Crippen LogP contribution in [0, 0.1) is 0 Å². The number of carbonyl (C=O) groups is 2. The fourth-order valence-electron chi connectivity index (χ4n) is 1.80. The summed E-state index contributed by atoms with van der Waals surface area (Å²) in [5.74, 6) is -1.08.